The van der Waals surface area contributed by atoms with E-state index in [9.17, 15) is 5.11 Å². The van der Waals surface area contributed by atoms with Crippen molar-refractivity contribution in [3.05, 3.63) is 47.5 Å². The first-order valence-corrected chi connectivity index (χ1v) is 8.97. The first-order valence-electron chi connectivity index (χ1n) is 8.97. The fraction of sp³-hybridized carbons (Fsp3) is 0.429. The molecule has 6 nitrogen and oxygen atoms in total. The quantitative estimate of drug-likeness (QED) is 0.867. The summed E-state index contributed by atoms with van der Waals surface area (Å²) >= 11 is 0. The maximum atomic E-state index is 9.84. The third-order valence-corrected chi connectivity index (χ3v) is 5.50. The smallest absolute Gasteiger partial charge is 0.160 e. The number of ether oxygens (including phenoxy) is 5. The van der Waals surface area contributed by atoms with Gasteiger partial charge in [0.25, 0.3) is 0 Å². The van der Waals surface area contributed by atoms with Crippen LogP contribution < -0.4 is 14.2 Å². The highest BCUT2D eigenvalue weighted by Gasteiger charge is 2.48. The molecule has 2 aliphatic rings. The second kappa shape index (κ2) is 7.29. The first kappa shape index (κ1) is 17.9. The molecule has 0 aromatic heterocycles. The number of benzene rings is 2. The summed E-state index contributed by atoms with van der Waals surface area (Å²) in [5.41, 5.74) is 2.02. The normalized spacial score (nSPS) is 26.6. The highest BCUT2D eigenvalue weighted by Crippen LogP contribution is 2.51. The van der Waals surface area contributed by atoms with E-state index >= 15 is 0 Å². The average Bonchev–Trinajstić information content (AvgIpc) is 3.30. The summed E-state index contributed by atoms with van der Waals surface area (Å²) in [6.45, 7) is 1.23. The van der Waals surface area contributed by atoms with Gasteiger partial charge in [-0.25, -0.2) is 0 Å². The van der Waals surface area contributed by atoms with E-state index in [2.05, 4.69) is 0 Å². The minimum Gasteiger partial charge on any atom is -0.504 e. The van der Waals surface area contributed by atoms with E-state index in [1.165, 1.54) is 0 Å². The van der Waals surface area contributed by atoms with Crippen LogP contribution in [0.15, 0.2) is 36.4 Å². The summed E-state index contributed by atoms with van der Waals surface area (Å²) in [6.07, 6.45) is -0.148. The number of phenolic OH excluding ortho intramolecular Hbond substituents is 1. The molecule has 0 aliphatic carbocycles. The van der Waals surface area contributed by atoms with Crippen molar-refractivity contribution in [2.45, 2.75) is 12.2 Å². The monoisotopic (exact) mass is 372 g/mol. The average molecular weight is 372 g/mol. The van der Waals surface area contributed by atoms with E-state index in [1.807, 2.05) is 30.3 Å². The van der Waals surface area contributed by atoms with E-state index in [1.54, 1.807) is 27.4 Å². The summed E-state index contributed by atoms with van der Waals surface area (Å²) in [5, 5.41) is 9.84. The molecule has 4 rings (SSSR count). The number of fused-ring (bicyclic) bond motifs is 1. The van der Waals surface area contributed by atoms with Crippen LogP contribution in [0.4, 0.5) is 0 Å². The Bertz CT molecular complexity index is 798. The lowest BCUT2D eigenvalue weighted by Crippen LogP contribution is -2.14. The summed E-state index contributed by atoms with van der Waals surface area (Å²) in [6, 6.07) is 11.2. The molecule has 2 fully saturated rings. The summed E-state index contributed by atoms with van der Waals surface area (Å²) < 4.78 is 28.3. The molecule has 2 aliphatic heterocycles. The molecule has 0 unspecified atom stereocenters. The van der Waals surface area contributed by atoms with Crippen LogP contribution in [0.3, 0.4) is 0 Å². The fourth-order valence-electron chi connectivity index (χ4n) is 4.10. The Hall–Kier alpha value is -2.44. The molecule has 0 saturated carbocycles. The van der Waals surface area contributed by atoms with Crippen molar-refractivity contribution in [1.29, 1.82) is 0 Å². The topological polar surface area (TPSA) is 66.4 Å². The Balaban J connectivity index is 1.59. The lowest BCUT2D eigenvalue weighted by molar-refractivity contribution is 0.0191. The molecule has 0 spiro atoms. The first-order chi connectivity index (χ1) is 13.1. The van der Waals surface area contributed by atoms with Gasteiger partial charge in [-0.2, -0.15) is 0 Å². The molecule has 0 radical (unpaired) electrons. The highest BCUT2D eigenvalue weighted by molar-refractivity contribution is 5.43. The third kappa shape index (κ3) is 3.19. The second-order valence-electron chi connectivity index (χ2n) is 6.91. The Morgan fingerprint density at radius 3 is 1.93 bits per heavy atom. The van der Waals surface area contributed by atoms with Crippen molar-refractivity contribution in [2.75, 3.05) is 34.5 Å². The summed E-state index contributed by atoms with van der Waals surface area (Å²) in [7, 11) is 4.83. The molecule has 2 aromatic rings. The largest absolute Gasteiger partial charge is 0.504 e. The van der Waals surface area contributed by atoms with Crippen molar-refractivity contribution in [1.82, 2.24) is 0 Å². The van der Waals surface area contributed by atoms with Crippen molar-refractivity contribution in [2.24, 2.45) is 11.8 Å². The molecule has 0 bridgehead atoms. The van der Waals surface area contributed by atoms with Gasteiger partial charge in [-0.15, -0.1) is 0 Å². The minimum atomic E-state index is -0.0815. The van der Waals surface area contributed by atoms with Crippen LogP contribution in [0.2, 0.25) is 0 Å². The number of hydrogen-bond donors (Lipinski definition) is 1. The molecule has 6 heteroatoms. The van der Waals surface area contributed by atoms with Gasteiger partial charge in [0.2, 0.25) is 0 Å². The fourth-order valence-corrected chi connectivity index (χ4v) is 4.10. The van der Waals surface area contributed by atoms with Crippen LogP contribution in [0, 0.1) is 11.8 Å². The molecular formula is C21H24O6. The van der Waals surface area contributed by atoms with E-state index in [-0.39, 0.29) is 29.8 Å². The molecule has 2 aromatic carbocycles. The zero-order chi connectivity index (χ0) is 19.0. The Labute approximate surface area is 158 Å². The van der Waals surface area contributed by atoms with Gasteiger partial charge in [0, 0.05) is 17.9 Å². The lowest BCUT2D eigenvalue weighted by Gasteiger charge is -2.18. The van der Waals surface area contributed by atoms with Gasteiger partial charge in [0.05, 0.1) is 46.8 Å². The van der Waals surface area contributed by atoms with Crippen LogP contribution in [0.5, 0.6) is 23.0 Å². The number of rotatable bonds is 5. The number of phenols is 1. The molecule has 0 amide bonds. The predicted octanol–water partition coefficient (Wildman–Crippen LogP) is 3.49. The van der Waals surface area contributed by atoms with E-state index < -0.39 is 0 Å². The highest BCUT2D eigenvalue weighted by atomic mass is 16.5. The van der Waals surface area contributed by atoms with Crippen LogP contribution in [0.25, 0.3) is 0 Å². The van der Waals surface area contributed by atoms with Crippen LogP contribution in [-0.4, -0.2) is 39.6 Å². The summed E-state index contributed by atoms with van der Waals surface area (Å²) in [4.78, 5) is 0. The van der Waals surface area contributed by atoms with Crippen molar-refractivity contribution in [3.8, 4) is 23.0 Å². The number of aromatic hydroxyl groups is 1. The molecule has 4 atom stereocenters. The maximum absolute atomic E-state index is 9.84. The minimum absolute atomic E-state index is 0.0667. The number of methoxy groups -OCH3 is 3. The molecule has 2 saturated heterocycles. The molecule has 1 N–H and O–H groups in total. The van der Waals surface area contributed by atoms with Gasteiger partial charge < -0.3 is 28.8 Å². The standard InChI is InChI=1S/C21H24O6/c1-23-14-6-13(7-15(9-14)24-2)21-17-11-26-20(16(17)10-27-21)12-4-5-18(22)19(8-12)25-3/h4-9,16-17,20-22H,10-11H2,1-3H3/t16-,17-,20+,21+/m0/s1. The van der Waals surface area contributed by atoms with E-state index in [0.717, 1.165) is 22.6 Å². The van der Waals surface area contributed by atoms with Crippen LogP contribution in [0.1, 0.15) is 23.3 Å². The van der Waals surface area contributed by atoms with Gasteiger partial charge in [-0.05, 0) is 35.4 Å². The third-order valence-electron chi connectivity index (χ3n) is 5.50. The summed E-state index contributed by atoms with van der Waals surface area (Å²) in [5.74, 6) is 2.55. The molecule has 144 valence electrons. The van der Waals surface area contributed by atoms with Crippen molar-refractivity contribution >= 4 is 0 Å². The van der Waals surface area contributed by atoms with Gasteiger partial charge in [0.15, 0.2) is 11.5 Å². The van der Waals surface area contributed by atoms with Gasteiger partial charge in [-0.3, -0.25) is 0 Å². The van der Waals surface area contributed by atoms with Gasteiger partial charge in [-0.1, -0.05) is 6.07 Å². The second-order valence-corrected chi connectivity index (χ2v) is 6.91. The number of hydrogen-bond acceptors (Lipinski definition) is 6. The van der Waals surface area contributed by atoms with Crippen LogP contribution in [-0.2, 0) is 9.47 Å². The van der Waals surface area contributed by atoms with Gasteiger partial charge in [0.1, 0.15) is 11.5 Å². The Morgan fingerprint density at radius 1 is 0.778 bits per heavy atom. The van der Waals surface area contributed by atoms with E-state index in [4.69, 9.17) is 23.7 Å². The maximum Gasteiger partial charge on any atom is 0.160 e. The molecule has 27 heavy (non-hydrogen) atoms. The molecular weight excluding hydrogens is 348 g/mol. The Morgan fingerprint density at radius 2 is 1.37 bits per heavy atom. The van der Waals surface area contributed by atoms with Gasteiger partial charge >= 0.3 is 0 Å². The van der Waals surface area contributed by atoms with Crippen molar-refractivity contribution < 1.29 is 28.8 Å². The van der Waals surface area contributed by atoms with Crippen LogP contribution >= 0.6 is 0 Å². The zero-order valence-corrected chi connectivity index (χ0v) is 15.7. The SMILES string of the molecule is COc1cc(OC)cc([C@H]2OC[C@H]3[C@@H]2CO[C@@H]3c2ccc(O)c(OC)c2)c1. The zero-order valence-electron chi connectivity index (χ0n) is 15.7. The molecule has 2 heterocycles. The Kier molecular flexibility index (Phi) is 4.85. The van der Waals surface area contributed by atoms with E-state index in [0.29, 0.717) is 19.0 Å². The van der Waals surface area contributed by atoms with Crippen molar-refractivity contribution in [3.63, 3.8) is 0 Å². The predicted molar refractivity (Wildman–Crippen MR) is 98.6 cm³/mol. The lowest BCUT2D eigenvalue weighted by atomic mass is 9.85.